The molecule has 6 rings (SSSR count). The lowest BCUT2D eigenvalue weighted by Crippen LogP contribution is -2.34. The van der Waals surface area contributed by atoms with Crippen LogP contribution in [0.25, 0.3) is 33.9 Å². The number of hydrogen-bond acceptors (Lipinski definition) is 4. The lowest BCUT2D eigenvalue weighted by Gasteiger charge is -2.38. The van der Waals surface area contributed by atoms with Crippen molar-refractivity contribution >= 4 is 0 Å². The largest absolute Gasteiger partial charge is 0.340 e. The molecule has 1 unspecified atom stereocenters. The maximum absolute atomic E-state index is 13.7. The van der Waals surface area contributed by atoms with E-state index < -0.39 is 0 Å². The van der Waals surface area contributed by atoms with Gasteiger partial charge in [-0.1, -0.05) is 32.9 Å². The Labute approximate surface area is 190 Å². The van der Waals surface area contributed by atoms with E-state index in [0.29, 0.717) is 23.9 Å². The lowest BCUT2D eigenvalue weighted by molar-refractivity contribution is 0.202. The smallest absolute Gasteiger partial charge is 0.193 e. The first-order valence-electron chi connectivity index (χ1n) is 11.3. The molecule has 0 radical (unpaired) electrons. The molecule has 8 heteroatoms. The molecule has 1 saturated carbocycles. The predicted octanol–water partition coefficient (Wildman–Crippen LogP) is 4.78. The van der Waals surface area contributed by atoms with Crippen molar-refractivity contribution in [3.63, 3.8) is 0 Å². The number of aromatic nitrogens is 6. The van der Waals surface area contributed by atoms with Gasteiger partial charge in [0.15, 0.2) is 11.3 Å². The maximum atomic E-state index is 13.7. The molecule has 0 spiro atoms. The first-order valence-corrected chi connectivity index (χ1v) is 11.3. The molecule has 1 aromatic carbocycles. The Hall–Kier alpha value is -3.55. The molecule has 2 aliphatic rings. The average molecular weight is 445 g/mol. The Balaban J connectivity index is 1.64. The van der Waals surface area contributed by atoms with Crippen molar-refractivity contribution in [3.05, 3.63) is 64.6 Å². The molecular weight excluding hydrogens is 419 g/mol. The molecule has 1 aliphatic carbocycles. The maximum Gasteiger partial charge on any atom is 0.193 e. The minimum absolute atomic E-state index is 0.0790. The summed E-state index contributed by atoms with van der Waals surface area (Å²) in [6.45, 7) is 7.28. The summed E-state index contributed by atoms with van der Waals surface area (Å²) in [5.74, 6) is 0.596. The zero-order chi connectivity index (χ0) is 22.9. The van der Waals surface area contributed by atoms with E-state index in [0.717, 1.165) is 41.1 Å². The van der Waals surface area contributed by atoms with Gasteiger partial charge >= 0.3 is 0 Å². The molecule has 33 heavy (non-hydrogen) atoms. The lowest BCUT2D eigenvalue weighted by atomic mass is 9.84. The average Bonchev–Trinajstić information content (AvgIpc) is 3.32. The van der Waals surface area contributed by atoms with Gasteiger partial charge in [0.1, 0.15) is 12.1 Å². The Morgan fingerprint density at radius 3 is 2.55 bits per heavy atom. The number of pyridine rings is 1. The Kier molecular flexibility index (Phi) is 4.24. The van der Waals surface area contributed by atoms with E-state index >= 15 is 0 Å². The predicted molar refractivity (Wildman–Crippen MR) is 123 cm³/mol. The normalized spacial score (nSPS) is 17.6. The third-order valence-electron chi connectivity index (χ3n) is 6.75. The van der Waals surface area contributed by atoms with Crippen molar-refractivity contribution in [2.75, 3.05) is 0 Å². The number of rotatable bonds is 3. The fraction of sp³-hybridized carbons (Fsp3) is 0.360. The highest BCUT2D eigenvalue weighted by Gasteiger charge is 2.39. The van der Waals surface area contributed by atoms with Crippen LogP contribution in [0.15, 0.2) is 47.7 Å². The molecule has 4 aromatic rings. The van der Waals surface area contributed by atoms with Crippen LogP contribution in [0.1, 0.15) is 51.3 Å². The molecule has 1 aliphatic heterocycles. The third-order valence-corrected chi connectivity index (χ3v) is 6.75. The van der Waals surface area contributed by atoms with Crippen LogP contribution < -0.4 is 5.43 Å². The van der Waals surface area contributed by atoms with Crippen molar-refractivity contribution in [1.82, 2.24) is 29.5 Å². The van der Waals surface area contributed by atoms with Crippen molar-refractivity contribution in [2.24, 2.45) is 5.41 Å². The Morgan fingerprint density at radius 2 is 1.91 bits per heavy atom. The van der Waals surface area contributed by atoms with Crippen LogP contribution in [-0.4, -0.2) is 29.5 Å². The summed E-state index contributed by atoms with van der Waals surface area (Å²) >= 11 is 0. The minimum atomic E-state index is -0.270. The standard InChI is InChI=1S/C25H25FN6O/c1-25(2,3)20-12-32-23(18-10-19(33)17(11-31(18)20)24-27-13-28-29-24)21(22(30-32)15-4-5-15)14-6-8-16(26)9-7-14/h6-11,13,15,20H,4-5,12H2,1-3H3,(H,27,28,29). The summed E-state index contributed by atoms with van der Waals surface area (Å²) in [7, 11) is 0. The number of benzene rings is 1. The van der Waals surface area contributed by atoms with Crippen LogP contribution in [0.2, 0.25) is 0 Å². The monoisotopic (exact) mass is 444 g/mol. The van der Waals surface area contributed by atoms with Crippen molar-refractivity contribution in [2.45, 2.75) is 52.1 Å². The highest BCUT2D eigenvalue weighted by molar-refractivity contribution is 5.83. The molecule has 0 amide bonds. The summed E-state index contributed by atoms with van der Waals surface area (Å²) in [5.41, 5.74) is 5.00. The molecular formula is C25H25FN6O. The topological polar surface area (TPSA) is 81.4 Å². The number of nitrogens with one attached hydrogen (secondary N) is 1. The van der Waals surface area contributed by atoms with Crippen molar-refractivity contribution in [3.8, 4) is 33.9 Å². The van der Waals surface area contributed by atoms with Crippen LogP contribution >= 0.6 is 0 Å². The Morgan fingerprint density at radius 1 is 1.15 bits per heavy atom. The molecule has 0 saturated heterocycles. The second-order valence-electron chi connectivity index (χ2n) is 10.1. The Bertz CT molecular complexity index is 1410. The number of fused-ring (bicyclic) bond motifs is 3. The van der Waals surface area contributed by atoms with Gasteiger partial charge in [-0.05, 0) is 36.0 Å². The molecule has 7 nitrogen and oxygen atoms in total. The van der Waals surface area contributed by atoms with Gasteiger partial charge in [0, 0.05) is 23.7 Å². The highest BCUT2D eigenvalue weighted by Crippen LogP contribution is 2.50. The van der Waals surface area contributed by atoms with Gasteiger partial charge in [-0.15, -0.1) is 0 Å². The van der Waals surface area contributed by atoms with Crippen LogP contribution in [-0.2, 0) is 6.54 Å². The summed E-state index contributed by atoms with van der Waals surface area (Å²) in [4.78, 5) is 17.4. The van der Waals surface area contributed by atoms with E-state index in [2.05, 4.69) is 45.2 Å². The first kappa shape index (κ1) is 20.1. The van der Waals surface area contributed by atoms with Gasteiger partial charge in [0.2, 0.25) is 0 Å². The van der Waals surface area contributed by atoms with Crippen LogP contribution in [0, 0.1) is 11.2 Å². The molecule has 1 N–H and O–H groups in total. The summed E-state index contributed by atoms with van der Waals surface area (Å²) in [6, 6.07) is 8.34. The molecule has 168 valence electrons. The number of aromatic amines is 1. The van der Waals surface area contributed by atoms with Crippen LogP contribution in [0.3, 0.4) is 0 Å². The van der Waals surface area contributed by atoms with Crippen LogP contribution in [0.5, 0.6) is 0 Å². The second-order valence-corrected chi connectivity index (χ2v) is 10.1. The third kappa shape index (κ3) is 3.23. The first-order chi connectivity index (χ1) is 15.8. The molecule has 0 bridgehead atoms. The highest BCUT2D eigenvalue weighted by atomic mass is 19.1. The van der Waals surface area contributed by atoms with E-state index in [1.807, 2.05) is 6.20 Å². The van der Waals surface area contributed by atoms with E-state index in [-0.39, 0.29) is 22.7 Å². The van der Waals surface area contributed by atoms with Crippen molar-refractivity contribution < 1.29 is 4.39 Å². The van der Waals surface area contributed by atoms with Crippen LogP contribution in [0.4, 0.5) is 4.39 Å². The second kappa shape index (κ2) is 6.97. The van der Waals surface area contributed by atoms with E-state index in [4.69, 9.17) is 5.10 Å². The molecule has 1 fully saturated rings. The number of halogens is 1. The fourth-order valence-corrected chi connectivity index (χ4v) is 4.87. The van der Waals surface area contributed by atoms with E-state index in [1.165, 1.54) is 18.5 Å². The molecule has 1 atom stereocenters. The number of nitrogens with zero attached hydrogens (tertiary/aromatic N) is 5. The summed E-state index contributed by atoms with van der Waals surface area (Å²) in [5, 5.41) is 11.8. The van der Waals surface area contributed by atoms with Gasteiger partial charge in [0.05, 0.1) is 35.2 Å². The zero-order valence-electron chi connectivity index (χ0n) is 18.8. The molecule has 4 heterocycles. The van der Waals surface area contributed by atoms with E-state index in [9.17, 15) is 9.18 Å². The number of hydrogen-bond donors (Lipinski definition) is 1. The van der Waals surface area contributed by atoms with Gasteiger partial charge < -0.3 is 4.57 Å². The van der Waals surface area contributed by atoms with Gasteiger partial charge in [-0.25, -0.2) is 9.37 Å². The van der Waals surface area contributed by atoms with E-state index in [1.54, 1.807) is 18.2 Å². The van der Waals surface area contributed by atoms with Gasteiger partial charge in [-0.2, -0.15) is 10.2 Å². The molecule has 3 aromatic heterocycles. The number of H-pyrrole nitrogens is 1. The summed E-state index contributed by atoms with van der Waals surface area (Å²) in [6.07, 6.45) is 5.51. The fourth-order valence-electron chi connectivity index (χ4n) is 4.87. The van der Waals surface area contributed by atoms with Gasteiger partial charge in [-0.3, -0.25) is 14.6 Å². The van der Waals surface area contributed by atoms with Gasteiger partial charge in [0.25, 0.3) is 0 Å². The zero-order valence-corrected chi connectivity index (χ0v) is 18.8. The SMILES string of the molecule is CC(C)(C)C1Cn2nc(C3CC3)c(-c3ccc(F)cc3)c2-c2cc(=O)c(-c3ncn[nH]3)cn21. The minimum Gasteiger partial charge on any atom is -0.340 e. The quantitative estimate of drug-likeness (QED) is 0.493. The van der Waals surface area contributed by atoms with Crippen molar-refractivity contribution in [1.29, 1.82) is 0 Å². The summed E-state index contributed by atoms with van der Waals surface area (Å²) < 4.78 is 18.0.